The SMILES string of the molecule is C=C(C)/C(C)=C/CCC. The summed E-state index contributed by atoms with van der Waals surface area (Å²) in [7, 11) is 0. The zero-order chi connectivity index (χ0) is 7.28. The van der Waals surface area contributed by atoms with Crippen LogP contribution in [0.4, 0.5) is 0 Å². The van der Waals surface area contributed by atoms with Gasteiger partial charge in [0.2, 0.25) is 0 Å². The topological polar surface area (TPSA) is 0 Å². The highest BCUT2D eigenvalue weighted by molar-refractivity contribution is 5.23. The van der Waals surface area contributed by atoms with Gasteiger partial charge < -0.3 is 0 Å². The molecule has 0 N–H and O–H groups in total. The Morgan fingerprint density at radius 2 is 2.00 bits per heavy atom. The first kappa shape index (κ1) is 8.48. The van der Waals surface area contributed by atoms with E-state index in [-0.39, 0.29) is 0 Å². The molecule has 0 amide bonds. The number of unbranched alkanes of at least 4 members (excludes halogenated alkanes) is 1. The fourth-order valence-electron chi connectivity index (χ4n) is 0.535. The van der Waals surface area contributed by atoms with Crippen LogP contribution in [0.15, 0.2) is 23.8 Å². The third-order valence-corrected chi connectivity index (χ3v) is 1.41. The molecule has 0 saturated carbocycles. The smallest absolute Gasteiger partial charge is 0.0348 e. The van der Waals surface area contributed by atoms with Crippen LogP contribution in [0.5, 0.6) is 0 Å². The Bertz CT molecular complexity index is 118. The minimum absolute atomic E-state index is 1.18. The lowest BCUT2D eigenvalue weighted by Gasteiger charge is -1.96. The Morgan fingerprint density at radius 3 is 2.33 bits per heavy atom. The van der Waals surface area contributed by atoms with Gasteiger partial charge in [-0.25, -0.2) is 0 Å². The molecule has 0 aromatic heterocycles. The predicted molar refractivity (Wildman–Crippen MR) is 43.5 cm³/mol. The zero-order valence-electron chi connectivity index (χ0n) is 6.70. The van der Waals surface area contributed by atoms with E-state index in [0.717, 1.165) is 0 Å². The van der Waals surface area contributed by atoms with Gasteiger partial charge >= 0.3 is 0 Å². The molecule has 0 nitrogen and oxygen atoms in total. The molecular formula is C9H16. The molecule has 0 radical (unpaired) electrons. The number of rotatable bonds is 3. The van der Waals surface area contributed by atoms with E-state index in [2.05, 4.69) is 26.5 Å². The molecule has 0 bridgehead atoms. The van der Waals surface area contributed by atoms with Crippen LogP contribution in [0, 0.1) is 0 Å². The molecule has 0 heterocycles. The summed E-state index contributed by atoms with van der Waals surface area (Å²) in [5.41, 5.74) is 2.51. The van der Waals surface area contributed by atoms with Crippen molar-refractivity contribution in [1.82, 2.24) is 0 Å². The lowest BCUT2D eigenvalue weighted by atomic mass is 10.1. The van der Waals surface area contributed by atoms with Crippen molar-refractivity contribution >= 4 is 0 Å². The van der Waals surface area contributed by atoms with E-state index in [9.17, 15) is 0 Å². The van der Waals surface area contributed by atoms with E-state index in [1.165, 1.54) is 24.0 Å². The number of hydrogen-bond donors (Lipinski definition) is 0. The highest BCUT2D eigenvalue weighted by atomic mass is 13.9. The molecule has 0 heteroatoms. The molecule has 0 rings (SSSR count). The molecule has 52 valence electrons. The Kier molecular flexibility index (Phi) is 4.12. The van der Waals surface area contributed by atoms with Gasteiger partial charge in [0.05, 0.1) is 0 Å². The molecule has 0 saturated heterocycles. The van der Waals surface area contributed by atoms with Crippen molar-refractivity contribution in [3.63, 3.8) is 0 Å². The van der Waals surface area contributed by atoms with Crippen molar-refractivity contribution < 1.29 is 0 Å². The summed E-state index contributed by atoms with van der Waals surface area (Å²) >= 11 is 0. The maximum atomic E-state index is 3.84. The van der Waals surface area contributed by atoms with Crippen LogP contribution in [0.1, 0.15) is 33.6 Å². The largest absolute Gasteiger partial charge is 0.0959 e. The van der Waals surface area contributed by atoms with Gasteiger partial charge in [0.15, 0.2) is 0 Å². The van der Waals surface area contributed by atoms with Crippen molar-refractivity contribution in [2.45, 2.75) is 33.6 Å². The molecule has 0 aliphatic carbocycles. The van der Waals surface area contributed by atoms with Gasteiger partial charge in [0, 0.05) is 0 Å². The van der Waals surface area contributed by atoms with Crippen LogP contribution in [-0.2, 0) is 0 Å². The molecule has 0 fully saturated rings. The summed E-state index contributed by atoms with van der Waals surface area (Å²) in [6.45, 7) is 10.2. The first-order valence-electron chi connectivity index (χ1n) is 3.51. The second kappa shape index (κ2) is 4.37. The maximum absolute atomic E-state index is 3.84. The fraction of sp³-hybridized carbons (Fsp3) is 0.556. The standard InChI is InChI=1S/C9H16/c1-5-6-7-9(4)8(2)3/h7H,2,5-6H2,1,3-4H3/b9-7+. The van der Waals surface area contributed by atoms with Crippen LogP contribution in [0.25, 0.3) is 0 Å². The summed E-state index contributed by atoms with van der Waals surface area (Å²) in [5, 5.41) is 0. The molecular weight excluding hydrogens is 108 g/mol. The average molecular weight is 124 g/mol. The quantitative estimate of drug-likeness (QED) is 0.506. The van der Waals surface area contributed by atoms with Crippen LogP contribution < -0.4 is 0 Å². The molecule has 0 spiro atoms. The molecule has 0 aromatic carbocycles. The van der Waals surface area contributed by atoms with Crippen molar-refractivity contribution in [2.75, 3.05) is 0 Å². The summed E-state index contributed by atoms with van der Waals surface area (Å²) in [6.07, 6.45) is 4.64. The van der Waals surface area contributed by atoms with E-state index in [1.54, 1.807) is 0 Å². The Labute approximate surface area is 58.3 Å². The van der Waals surface area contributed by atoms with Crippen molar-refractivity contribution in [3.8, 4) is 0 Å². The van der Waals surface area contributed by atoms with Gasteiger partial charge in [-0.3, -0.25) is 0 Å². The lowest BCUT2D eigenvalue weighted by molar-refractivity contribution is 0.949. The second-order valence-electron chi connectivity index (χ2n) is 2.46. The normalized spacial score (nSPS) is 11.7. The van der Waals surface area contributed by atoms with Gasteiger partial charge in [-0.2, -0.15) is 0 Å². The van der Waals surface area contributed by atoms with Gasteiger partial charge in [-0.05, 0) is 20.3 Å². The minimum atomic E-state index is 1.18. The molecule has 0 aromatic rings. The summed E-state index contributed by atoms with van der Waals surface area (Å²) < 4.78 is 0. The first-order valence-corrected chi connectivity index (χ1v) is 3.51. The van der Waals surface area contributed by atoms with Gasteiger partial charge in [-0.15, -0.1) is 0 Å². The average Bonchev–Trinajstić information content (AvgIpc) is 1.82. The van der Waals surface area contributed by atoms with Crippen molar-refractivity contribution in [1.29, 1.82) is 0 Å². The molecule has 0 aliphatic rings. The highest BCUT2D eigenvalue weighted by Crippen LogP contribution is 2.06. The highest BCUT2D eigenvalue weighted by Gasteiger charge is 1.85. The predicted octanol–water partition coefficient (Wildman–Crippen LogP) is 3.31. The Hall–Kier alpha value is -0.520. The molecule has 0 unspecified atom stereocenters. The van der Waals surface area contributed by atoms with E-state index >= 15 is 0 Å². The van der Waals surface area contributed by atoms with Crippen LogP contribution in [-0.4, -0.2) is 0 Å². The summed E-state index contributed by atoms with van der Waals surface area (Å²) in [5.74, 6) is 0. The fourth-order valence-corrected chi connectivity index (χ4v) is 0.535. The minimum Gasteiger partial charge on any atom is -0.0959 e. The summed E-state index contributed by atoms with van der Waals surface area (Å²) in [6, 6.07) is 0. The van der Waals surface area contributed by atoms with Crippen LogP contribution in [0.2, 0.25) is 0 Å². The van der Waals surface area contributed by atoms with E-state index in [0.29, 0.717) is 0 Å². The van der Waals surface area contributed by atoms with E-state index in [4.69, 9.17) is 0 Å². The van der Waals surface area contributed by atoms with Gasteiger partial charge in [0.1, 0.15) is 0 Å². The van der Waals surface area contributed by atoms with Crippen LogP contribution in [0.3, 0.4) is 0 Å². The van der Waals surface area contributed by atoms with E-state index < -0.39 is 0 Å². The Morgan fingerprint density at radius 1 is 1.44 bits per heavy atom. The molecule has 9 heavy (non-hydrogen) atoms. The zero-order valence-corrected chi connectivity index (χ0v) is 6.70. The maximum Gasteiger partial charge on any atom is -0.0348 e. The third kappa shape index (κ3) is 4.01. The van der Waals surface area contributed by atoms with Crippen molar-refractivity contribution in [3.05, 3.63) is 23.8 Å². The lowest BCUT2D eigenvalue weighted by Crippen LogP contribution is -1.75. The van der Waals surface area contributed by atoms with E-state index in [1.807, 2.05) is 6.92 Å². The van der Waals surface area contributed by atoms with Crippen molar-refractivity contribution in [2.24, 2.45) is 0 Å². The third-order valence-electron chi connectivity index (χ3n) is 1.41. The molecule has 0 atom stereocenters. The second-order valence-corrected chi connectivity index (χ2v) is 2.46. The summed E-state index contributed by atoms with van der Waals surface area (Å²) in [4.78, 5) is 0. The monoisotopic (exact) mass is 124 g/mol. The van der Waals surface area contributed by atoms with Gasteiger partial charge in [0.25, 0.3) is 0 Å². The number of allylic oxidation sites excluding steroid dienone is 3. The Balaban J connectivity index is 3.69. The molecule has 0 aliphatic heterocycles. The van der Waals surface area contributed by atoms with Crippen LogP contribution >= 0.6 is 0 Å². The number of hydrogen-bond acceptors (Lipinski definition) is 0. The first-order chi connectivity index (χ1) is 4.18. The van der Waals surface area contributed by atoms with Gasteiger partial charge in [-0.1, -0.05) is 37.1 Å².